The molecule has 0 heterocycles. The van der Waals surface area contributed by atoms with Crippen LogP contribution in [0.5, 0.6) is 0 Å². The van der Waals surface area contributed by atoms with Crippen LogP contribution in [0.25, 0.3) is 0 Å². The summed E-state index contributed by atoms with van der Waals surface area (Å²) >= 11 is 8.69. The second-order valence-corrected chi connectivity index (χ2v) is 4.86. The number of nitrogens with one attached hydrogen (secondary N) is 1. The van der Waals surface area contributed by atoms with Crippen LogP contribution in [0.15, 0.2) is 22.7 Å². The molecule has 2 nitrogen and oxygen atoms in total. The largest absolute Gasteiger partial charge is 0.380 e. The van der Waals surface area contributed by atoms with Gasteiger partial charge in [-0.25, -0.2) is 4.39 Å². The van der Waals surface area contributed by atoms with Crippen molar-refractivity contribution in [1.82, 2.24) is 5.32 Å². The summed E-state index contributed by atoms with van der Waals surface area (Å²) in [5.41, 5.74) is 0.676. The summed E-state index contributed by atoms with van der Waals surface area (Å²) in [6.07, 6.45) is 0.898. The van der Waals surface area contributed by atoms with E-state index in [1.165, 1.54) is 6.07 Å². The first kappa shape index (κ1) is 14.9. The van der Waals surface area contributed by atoms with Gasteiger partial charge in [0.25, 0.3) is 0 Å². The van der Waals surface area contributed by atoms with E-state index in [9.17, 15) is 4.39 Å². The van der Waals surface area contributed by atoms with E-state index in [-0.39, 0.29) is 5.82 Å². The van der Waals surface area contributed by atoms with E-state index in [0.29, 0.717) is 31.2 Å². The third kappa shape index (κ3) is 6.36. The lowest BCUT2D eigenvalue weighted by atomic mass is 10.2. The van der Waals surface area contributed by atoms with Crippen molar-refractivity contribution in [3.05, 3.63) is 34.1 Å². The maximum Gasteiger partial charge on any atom is 0.128 e. The van der Waals surface area contributed by atoms with Crippen LogP contribution < -0.4 is 5.32 Å². The highest BCUT2D eigenvalue weighted by molar-refractivity contribution is 9.10. The fraction of sp³-hybridized carbons (Fsp3) is 0.500. The van der Waals surface area contributed by atoms with E-state index < -0.39 is 0 Å². The van der Waals surface area contributed by atoms with Crippen LogP contribution in [0.2, 0.25) is 0 Å². The molecule has 0 spiro atoms. The number of benzene rings is 1. The Balaban J connectivity index is 2.14. The molecule has 1 N–H and O–H groups in total. The Bertz CT molecular complexity index is 338. The Labute approximate surface area is 115 Å². The van der Waals surface area contributed by atoms with Gasteiger partial charge in [0.15, 0.2) is 0 Å². The summed E-state index contributed by atoms with van der Waals surface area (Å²) in [5, 5.41) is 3.17. The molecular weight excluding hydrogens is 308 g/mol. The molecule has 0 fully saturated rings. The molecule has 17 heavy (non-hydrogen) atoms. The minimum absolute atomic E-state index is 0.190. The molecule has 96 valence electrons. The van der Waals surface area contributed by atoms with E-state index in [1.54, 1.807) is 6.07 Å². The van der Waals surface area contributed by atoms with Gasteiger partial charge in [-0.1, -0.05) is 22.0 Å². The smallest absolute Gasteiger partial charge is 0.128 e. The minimum Gasteiger partial charge on any atom is -0.380 e. The highest BCUT2D eigenvalue weighted by Gasteiger charge is 2.01. The van der Waals surface area contributed by atoms with Crippen LogP contribution in [0.4, 0.5) is 4.39 Å². The van der Waals surface area contributed by atoms with E-state index in [2.05, 4.69) is 21.2 Å². The minimum atomic E-state index is -0.190. The van der Waals surface area contributed by atoms with E-state index in [1.807, 2.05) is 6.07 Å². The Hall–Kier alpha value is -0.160. The van der Waals surface area contributed by atoms with Gasteiger partial charge in [-0.05, 0) is 25.1 Å². The molecule has 1 rings (SSSR count). The molecule has 0 amide bonds. The molecule has 0 unspecified atom stereocenters. The van der Waals surface area contributed by atoms with Crippen molar-refractivity contribution >= 4 is 27.5 Å². The van der Waals surface area contributed by atoms with Crippen molar-refractivity contribution in [3.63, 3.8) is 0 Å². The summed E-state index contributed by atoms with van der Waals surface area (Å²) in [6, 6.07) is 5.08. The lowest BCUT2D eigenvalue weighted by Gasteiger charge is -2.06. The van der Waals surface area contributed by atoms with Crippen molar-refractivity contribution in [3.8, 4) is 0 Å². The van der Waals surface area contributed by atoms with Crippen LogP contribution >= 0.6 is 27.5 Å². The lowest BCUT2D eigenvalue weighted by molar-refractivity contribution is 0.146. The maximum atomic E-state index is 13.4. The zero-order chi connectivity index (χ0) is 12.5. The first-order valence-corrected chi connectivity index (χ1v) is 6.85. The molecule has 0 saturated carbocycles. The predicted octanol–water partition coefficient (Wildman–Crippen LogP) is 3.32. The van der Waals surface area contributed by atoms with Crippen LogP contribution in [0.3, 0.4) is 0 Å². The number of hydrogen-bond donors (Lipinski definition) is 1. The Morgan fingerprint density at radius 3 is 2.88 bits per heavy atom. The summed E-state index contributed by atoms with van der Waals surface area (Å²) in [4.78, 5) is 0. The van der Waals surface area contributed by atoms with Gasteiger partial charge < -0.3 is 10.1 Å². The van der Waals surface area contributed by atoms with Crippen LogP contribution in [0.1, 0.15) is 12.0 Å². The Kier molecular flexibility index (Phi) is 7.77. The van der Waals surface area contributed by atoms with Crippen molar-refractivity contribution in [1.29, 1.82) is 0 Å². The summed E-state index contributed by atoms with van der Waals surface area (Å²) in [6.45, 7) is 2.61. The zero-order valence-electron chi connectivity index (χ0n) is 9.52. The third-order valence-electron chi connectivity index (χ3n) is 2.19. The van der Waals surface area contributed by atoms with Crippen LogP contribution in [-0.2, 0) is 11.3 Å². The third-order valence-corrected chi connectivity index (χ3v) is 2.84. The summed E-state index contributed by atoms with van der Waals surface area (Å²) < 4.78 is 19.4. The Morgan fingerprint density at radius 2 is 2.18 bits per heavy atom. The van der Waals surface area contributed by atoms with Gasteiger partial charge in [0, 0.05) is 29.1 Å². The molecule has 0 radical (unpaired) electrons. The molecule has 0 aromatic heterocycles. The molecule has 0 atom stereocenters. The zero-order valence-corrected chi connectivity index (χ0v) is 11.9. The number of halogens is 3. The molecule has 0 saturated heterocycles. The molecule has 5 heteroatoms. The van der Waals surface area contributed by atoms with Crippen LogP contribution in [0, 0.1) is 5.82 Å². The summed E-state index contributed by atoms with van der Waals surface area (Å²) in [5.74, 6) is 0.336. The van der Waals surface area contributed by atoms with Gasteiger partial charge in [-0.2, -0.15) is 0 Å². The second-order valence-electron chi connectivity index (χ2n) is 3.57. The number of hydrogen-bond acceptors (Lipinski definition) is 2. The van der Waals surface area contributed by atoms with Crippen LogP contribution in [-0.4, -0.2) is 25.6 Å². The topological polar surface area (TPSA) is 21.3 Å². The van der Waals surface area contributed by atoms with Gasteiger partial charge in [-0.15, -0.1) is 11.6 Å². The van der Waals surface area contributed by atoms with Crippen molar-refractivity contribution in [2.24, 2.45) is 0 Å². The average Bonchev–Trinajstić information content (AvgIpc) is 2.30. The summed E-state index contributed by atoms with van der Waals surface area (Å²) in [7, 11) is 0. The monoisotopic (exact) mass is 323 g/mol. The standard InChI is InChI=1S/C12H16BrClFNO/c13-11-3-2-10(12(15)8-11)9-16-5-1-6-17-7-4-14/h2-3,8,16H,1,4-7,9H2. The number of rotatable bonds is 8. The molecule has 0 aliphatic rings. The first-order chi connectivity index (χ1) is 8.24. The Morgan fingerprint density at radius 1 is 1.35 bits per heavy atom. The molecule has 1 aromatic rings. The first-order valence-electron chi connectivity index (χ1n) is 5.52. The quantitative estimate of drug-likeness (QED) is 0.585. The number of ether oxygens (including phenoxy) is 1. The predicted molar refractivity (Wildman–Crippen MR) is 72.0 cm³/mol. The van der Waals surface area contributed by atoms with E-state index >= 15 is 0 Å². The molecule has 0 aliphatic carbocycles. The second kappa shape index (κ2) is 8.86. The highest BCUT2D eigenvalue weighted by atomic mass is 79.9. The average molecular weight is 325 g/mol. The normalized spacial score (nSPS) is 10.8. The van der Waals surface area contributed by atoms with Gasteiger partial charge in [-0.3, -0.25) is 0 Å². The van der Waals surface area contributed by atoms with Gasteiger partial charge in [0.05, 0.1) is 6.61 Å². The van der Waals surface area contributed by atoms with Crippen molar-refractivity contribution in [2.75, 3.05) is 25.6 Å². The lowest BCUT2D eigenvalue weighted by Crippen LogP contribution is -2.17. The fourth-order valence-electron chi connectivity index (χ4n) is 1.34. The molecule has 0 bridgehead atoms. The van der Waals surface area contributed by atoms with Gasteiger partial charge >= 0.3 is 0 Å². The van der Waals surface area contributed by atoms with Crippen molar-refractivity contribution in [2.45, 2.75) is 13.0 Å². The molecule has 0 aliphatic heterocycles. The maximum absolute atomic E-state index is 13.4. The molecule has 1 aromatic carbocycles. The van der Waals surface area contributed by atoms with E-state index in [0.717, 1.165) is 17.4 Å². The van der Waals surface area contributed by atoms with Gasteiger partial charge in [0.1, 0.15) is 5.82 Å². The van der Waals surface area contributed by atoms with Gasteiger partial charge in [0.2, 0.25) is 0 Å². The SMILES string of the molecule is Fc1cc(Br)ccc1CNCCCOCCCl. The molecular formula is C12H16BrClFNO. The highest BCUT2D eigenvalue weighted by Crippen LogP contribution is 2.14. The fourth-order valence-corrected chi connectivity index (χ4v) is 1.79. The van der Waals surface area contributed by atoms with E-state index in [4.69, 9.17) is 16.3 Å². The number of alkyl halides is 1. The van der Waals surface area contributed by atoms with Crippen molar-refractivity contribution < 1.29 is 9.13 Å².